The van der Waals surface area contributed by atoms with Gasteiger partial charge in [-0.05, 0) is 37.8 Å². The molecule has 2 saturated heterocycles. The number of nitrogens with one attached hydrogen (secondary N) is 1. The van der Waals surface area contributed by atoms with E-state index >= 15 is 0 Å². The lowest BCUT2D eigenvalue weighted by Crippen LogP contribution is -2.30. The van der Waals surface area contributed by atoms with E-state index in [1.165, 1.54) is 12.8 Å². The third kappa shape index (κ3) is 1.85. The summed E-state index contributed by atoms with van der Waals surface area (Å²) in [6, 6.07) is 0. The highest BCUT2D eigenvalue weighted by Gasteiger charge is 2.30. The SMILES string of the molecule is CC(=O)N1CC[C@@H]2CNC[C@@H]2CC1. The van der Waals surface area contributed by atoms with Crippen LogP contribution in [-0.4, -0.2) is 37.0 Å². The first-order valence-corrected chi connectivity index (χ1v) is 5.23. The number of carbonyl (C=O) groups excluding carboxylic acids is 1. The van der Waals surface area contributed by atoms with Crippen LogP contribution in [0.2, 0.25) is 0 Å². The van der Waals surface area contributed by atoms with Crippen LogP contribution in [0.3, 0.4) is 0 Å². The first-order valence-electron chi connectivity index (χ1n) is 5.23. The second kappa shape index (κ2) is 3.66. The van der Waals surface area contributed by atoms with Gasteiger partial charge < -0.3 is 10.2 Å². The predicted molar refractivity (Wildman–Crippen MR) is 51.3 cm³/mol. The van der Waals surface area contributed by atoms with E-state index in [-0.39, 0.29) is 5.91 Å². The molecule has 0 unspecified atom stereocenters. The highest BCUT2D eigenvalue weighted by molar-refractivity contribution is 5.73. The molecular formula is C10H18N2O. The third-order valence-electron chi connectivity index (χ3n) is 3.46. The van der Waals surface area contributed by atoms with Gasteiger partial charge in [0.2, 0.25) is 5.91 Å². The zero-order valence-electron chi connectivity index (χ0n) is 8.25. The van der Waals surface area contributed by atoms with Crippen molar-refractivity contribution in [1.29, 1.82) is 0 Å². The van der Waals surface area contributed by atoms with E-state index < -0.39 is 0 Å². The molecule has 0 aromatic carbocycles. The zero-order valence-corrected chi connectivity index (χ0v) is 8.25. The van der Waals surface area contributed by atoms with E-state index in [9.17, 15) is 4.79 Å². The fraction of sp³-hybridized carbons (Fsp3) is 0.900. The van der Waals surface area contributed by atoms with Crippen LogP contribution in [-0.2, 0) is 4.79 Å². The van der Waals surface area contributed by atoms with Crippen LogP contribution >= 0.6 is 0 Å². The predicted octanol–water partition coefficient (Wildman–Crippen LogP) is 0.464. The molecule has 2 aliphatic rings. The number of fused-ring (bicyclic) bond motifs is 1. The van der Waals surface area contributed by atoms with Crippen molar-refractivity contribution in [3.63, 3.8) is 0 Å². The zero-order chi connectivity index (χ0) is 9.26. The number of rotatable bonds is 0. The Morgan fingerprint density at radius 2 is 1.77 bits per heavy atom. The summed E-state index contributed by atoms with van der Waals surface area (Å²) < 4.78 is 0. The first-order chi connectivity index (χ1) is 6.27. The molecule has 74 valence electrons. The molecule has 0 spiro atoms. The van der Waals surface area contributed by atoms with Crippen LogP contribution < -0.4 is 5.32 Å². The van der Waals surface area contributed by atoms with Gasteiger partial charge in [0.15, 0.2) is 0 Å². The van der Waals surface area contributed by atoms with Crippen molar-refractivity contribution in [3.8, 4) is 0 Å². The van der Waals surface area contributed by atoms with Crippen LogP contribution in [0, 0.1) is 11.8 Å². The fourth-order valence-corrected chi connectivity index (χ4v) is 2.53. The molecule has 0 aliphatic carbocycles. The van der Waals surface area contributed by atoms with Gasteiger partial charge in [-0.2, -0.15) is 0 Å². The lowest BCUT2D eigenvalue weighted by molar-refractivity contribution is -0.128. The van der Waals surface area contributed by atoms with E-state index in [0.717, 1.165) is 38.0 Å². The molecule has 0 aromatic heterocycles. The van der Waals surface area contributed by atoms with Crippen LogP contribution in [0.5, 0.6) is 0 Å². The normalized spacial score (nSPS) is 34.1. The average Bonchev–Trinajstić information content (AvgIpc) is 2.44. The molecule has 2 fully saturated rings. The maximum Gasteiger partial charge on any atom is 0.219 e. The van der Waals surface area contributed by atoms with Gasteiger partial charge in [-0.3, -0.25) is 4.79 Å². The van der Waals surface area contributed by atoms with Crippen LogP contribution in [0.4, 0.5) is 0 Å². The summed E-state index contributed by atoms with van der Waals surface area (Å²) in [5.41, 5.74) is 0. The third-order valence-corrected chi connectivity index (χ3v) is 3.46. The number of amides is 1. The minimum Gasteiger partial charge on any atom is -0.343 e. The lowest BCUT2D eigenvalue weighted by Gasteiger charge is -2.18. The quantitative estimate of drug-likeness (QED) is 0.590. The van der Waals surface area contributed by atoms with Gasteiger partial charge >= 0.3 is 0 Å². The van der Waals surface area contributed by atoms with Crippen molar-refractivity contribution in [2.24, 2.45) is 11.8 Å². The maximum atomic E-state index is 11.2. The molecule has 1 N–H and O–H groups in total. The Labute approximate surface area is 79.5 Å². The van der Waals surface area contributed by atoms with Gasteiger partial charge in [0.05, 0.1) is 0 Å². The second-order valence-corrected chi connectivity index (χ2v) is 4.26. The summed E-state index contributed by atoms with van der Waals surface area (Å²) in [7, 11) is 0. The standard InChI is InChI=1S/C10H18N2O/c1-8(13)12-4-2-9-6-11-7-10(9)3-5-12/h9-11H,2-7H2,1H3/t9-,10+. The van der Waals surface area contributed by atoms with E-state index in [4.69, 9.17) is 0 Å². The summed E-state index contributed by atoms with van der Waals surface area (Å²) in [5, 5.41) is 3.43. The van der Waals surface area contributed by atoms with Crippen molar-refractivity contribution < 1.29 is 4.79 Å². The van der Waals surface area contributed by atoms with Crippen LogP contribution in [0.25, 0.3) is 0 Å². The van der Waals surface area contributed by atoms with Gasteiger partial charge in [-0.15, -0.1) is 0 Å². The van der Waals surface area contributed by atoms with Gasteiger partial charge in [0.25, 0.3) is 0 Å². The number of likely N-dealkylation sites (tertiary alicyclic amines) is 1. The van der Waals surface area contributed by atoms with Gasteiger partial charge in [0.1, 0.15) is 0 Å². The Hall–Kier alpha value is -0.570. The molecule has 2 atom stereocenters. The summed E-state index contributed by atoms with van der Waals surface area (Å²) in [5.74, 6) is 1.89. The van der Waals surface area contributed by atoms with E-state index in [1.54, 1.807) is 6.92 Å². The fourth-order valence-electron chi connectivity index (χ4n) is 2.53. The molecule has 1 amide bonds. The maximum absolute atomic E-state index is 11.2. The van der Waals surface area contributed by atoms with Crippen molar-refractivity contribution in [2.45, 2.75) is 19.8 Å². The van der Waals surface area contributed by atoms with E-state index in [2.05, 4.69) is 5.32 Å². The Bertz CT molecular complexity index is 191. The second-order valence-electron chi connectivity index (χ2n) is 4.26. The van der Waals surface area contributed by atoms with Crippen molar-refractivity contribution in [1.82, 2.24) is 10.2 Å². The summed E-state index contributed by atoms with van der Waals surface area (Å²) in [6.07, 6.45) is 2.38. The Balaban J connectivity index is 1.95. The van der Waals surface area contributed by atoms with E-state index in [1.807, 2.05) is 4.90 Å². The average molecular weight is 182 g/mol. The Kier molecular flexibility index (Phi) is 2.54. The Morgan fingerprint density at radius 1 is 1.23 bits per heavy atom. The topological polar surface area (TPSA) is 32.3 Å². The molecule has 0 bridgehead atoms. The summed E-state index contributed by atoms with van der Waals surface area (Å²) in [4.78, 5) is 13.2. The molecule has 13 heavy (non-hydrogen) atoms. The number of hydrogen-bond acceptors (Lipinski definition) is 2. The molecule has 0 aromatic rings. The van der Waals surface area contributed by atoms with Gasteiger partial charge in [0, 0.05) is 20.0 Å². The molecule has 3 heteroatoms. The van der Waals surface area contributed by atoms with Crippen LogP contribution in [0.15, 0.2) is 0 Å². The number of nitrogens with zero attached hydrogens (tertiary/aromatic N) is 1. The molecular weight excluding hydrogens is 164 g/mol. The van der Waals surface area contributed by atoms with Gasteiger partial charge in [-0.1, -0.05) is 0 Å². The highest BCUT2D eigenvalue weighted by atomic mass is 16.2. The molecule has 0 radical (unpaired) electrons. The highest BCUT2D eigenvalue weighted by Crippen LogP contribution is 2.26. The monoisotopic (exact) mass is 182 g/mol. The van der Waals surface area contributed by atoms with Crippen LogP contribution in [0.1, 0.15) is 19.8 Å². The molecule has 0 saturated carbocycles. The smallest absolute Gasteiger partial charge is 0.219 e. The van der Waals surface area contributed by atoms with E-state index in [0.29, 0.717) is 0 Å². The van der Waals surface area contributed by atoms with Gasteiger partial charge in [-0.25, -0.2) is 0 Å². The largest absolute Gasteiger partial charge is 0.343 e. The number of carbonyl (C=O) groups is 1. The lowest BCUT2D eigenvalue weighted by atomic mass is 9.92. The van der Waals surface area contributed by atoms with Crippen molar-refractivity contribution in [3.05, 3.63) is 0 Å². The summed E-state index contributed by atoms with van der Waals surface area (Å²) in [6.45, 7) is 5.95. The first kappa shape index (κ1) is 9.00. The molecule has 3 nitrogen and oxygen atoms in total. The minimum atomic E-state index is 0.243. The molecule has 2 rings (SSSR count). The molecule has 2 aliphatic heterocycles. The minimum absolute atomic E-state index is 0.243. The number of hydrogen-bond donors (Lipinski definition) is 1. The van der Waals surface area contributed by atoms with Crippen molar-refractivity contribution in [2.75, 3.05) is 26.2 Å². The Morgan fingerprint density at radius 3 is 2.23 bits per heavy atom. The molecule has 2 heterocycles. The van der Waals surface area contributed by atoms with Crippen molar-refractivity contribution >= 4 is 5.91 Å². The summed E-state index contributed by atoms with van der Waals surface area (Å²) >= 11 is 0.